The molecule has 100 valence electrons. The minimum atomic E-state index is -0.0646. The number of carbonyl (C=O) groups excluding carboxylic acids is 1. The average molecular weight is 259 g/mol. The standard InChI is InChI=1S/C14H17N3O2/c1-3-16-14(18)11-5-4-10(2)13(6-11)17-8-12-7-15-9-19-12/h4-7,9,17H,3,8H2,1-2H3,(H,16,18). The molecule has 0 unspecified atom stereocenters. The van der Waals surface area contributed by atoms with Crippen molar-refractivity contribution >= 4 is 11.6 Å². The molecule has 19 heavy (non-hydrogen) atoms. The van der Waals surface area contributed by atoms with E-state index in [1.165, 1.54) is 6.39 Å². The molecule has 0 saturated carbocycles. The van der Waals surface area contributed by atoms with Crippen molar-refractivity contribution in [3.05, 3.63) is 47.7 Å². The summed E-state index contributed by atoms with van der Waals surface area (Å²) in [6.07, 6.45) is 3.06. The van der Waals surface area contributed by atoms with Crippen molar-refractivity contribution in [2.75, 3.05) is 11.9 Å². The topological polar surface area (TPSA) is 67.2 Å². The van der Waals surface area contributed by atoms with Crippen LogP contribution in [0.4, 0.5) is 5.69 Å². The first kappa shape index (κ1) is 13.1. The summed E-state index contributed by atoms with van der Waals surface area (Å²) in [4.78, 5) is 15.6. The monoisotopic (exact) mass is 259 g/mol. The zero-order valence-corrected chi connectivity index (χ0v) is 11.1. The lowest BCUT2D eigenvalue weighted by Crippen LogP contribution is -2.22. The summed E-state index contributed by atoms with van der Waals surface area (Å²) in [5.41, 5.74) is 2.64. The lowest BCUT2D eigenvalue weighted by atomic mass is 10.1. The largest absolute Gasteiger partial charge is 0.447 e. The number of carbonyl (C=O) groups is 1. The Hall–Kier alpha value is -2.30. The van der Waals surface area contributed by atoms with Crippen LogP contribution in [0.15, 0.2) is 35.2 Å². The van der Waals surface area contributed by atoms with Crippen molar-refractivity contribution in [2.45, 2.75) is 20.4 Å². The molecule has 0 fully saturated rings. The smallest absolute Gasteiger partial charge is 0.251 e. The van der Waals surface area contributed by atoms with Gasteiger partial charge in [-0.25, -0.2) is 4.98 Å². The van der Waals surface area contributed by atoms with Crippen molar-refractivity contribution in [1.82, 2.24) is 10.3 Å². The second-order valence-corrected chi connectivity index (χ2v) is 4.21. The maximum Gasteiger partial charge on any atom is 0.251 e. The molecule has 2 N–H and O–H groups in total. The molecule has 2 aromatic rings. The summed E-state index contributed by atoms with van der Waals surface area (Å²) < 4.78 is 5.16. The van der Waals surface area contributed by atoms with Gasteiger partial charge in [-0.15, -0.1) is 0 Å². The van der Waals surface area contributed by atoms with Crippen LogP contribution >= 0.6 is 0 Å². The Morgan fingerprint density at radius 2 is 2.26 bits per heavy atom. The first-order valence-electron chi connectivity index (χ1n) is 6.20. The zero-order chi connectivity index (χ0) is 13.7. The number of nitrogens with zero attached hydrogens (tertiary/aromatic N) is 1. The number of aromatic nitrogens is 1. The van der Waals surface area contributed by atoms with Gasteiger partial charge in [0.15, 0.2) is 6.39 Å². The summed E-state index contributed by atoms with van der Waals surface area (Å²) in [5, 5.41) is 6.02. The predicted molar refractivity (Wildman–Crippen MR) is 73.0 cm³/mol. The highest BCUT2D eigenvalue weighted by Gasteiger charge is 2.07. The molecule has 0 aliphatic rings. The first-order chi connectivity index (χ1) is 9.20. The van der Waals surface area contributed by atoms with Gasteiger partial charge in [-0.2, -0.15) is 0 Å². The Morgan fingerprint density at radius 3 is 2.95 bits per heavy atom. The maximum atomic E-state index is 11.8. The van der Waals surface area contributed by atoms with E-state index in [0.717, 1.165) is 17.0 Å². The van der Waals surface area contributed by atoms with Gasteiger partial charge in [0.2, 0.25) is 0 Å². The summed E-state index contributed by atoms with van der Waals surface area (Å²) in [7, 11) is 0. The van der Waals surface area contributed by atoms with E-state index in [0.29, 0.717) is 18.7 Å². The van der Waals surface area contributed by atoms with Gasteiger partial charge in [-0.3, -0.25) is 4.79 Å². The van der Waals surface area contributed by atoms with E-state index in [9.17, 15) is 4.79 Å². The van der Waals surface area contributed by atoms with Crippen molar-refractivity contribution < 1.29 is 9.21 Å². The lowest BCUT2D eigenvalue weighted by molar-refractivity contribution is 0.0956. The molecule has 1 heterocycles. The van der Waals surface area contributed by atoms with Gasteiger partial charge < -0.3 is 15.1 Å². The molecule has 0 radical (unpaired) electrons. The predicted octanol–water partition coefficient (Wildman–Crippen LogP) is 2.34. The van der Waals surface area contributed by atoms with Gasteiger partial charge in [0, 0.05) is 17.8 Å². The second-order valence-electron chi connectivity index (χ2n) is 4.21. The third-order valence-electron chi connectivity index (χ3n) is 2.77. The summed E-state index contributed by atoms with van der Waals surface area (Å²) >= 11 is 0. The third kappa shape index (κ3) is 3.34. The average Bonchev–Trinajstić information content (AvgIpc) is 2.91. The van der Waals surface area contributed by atoms with Crippen LogP contribution in [-0.2, 0) is 6.54 Å². The van der Waals surface area contributed by atoms with Crippen LogP contribution in [-0.4, -0.2) is 17.4 Å². The van der Waals surface area contributed by atoms with Gasteiger partial charge in [0.1, 0.15) is 5.76 Å². The van der Waals surface area contributed by atoms with Crippen LogP contribution in [0.2, 0.25) is 0 Å². The number of oxazole rings is 1. The van der Waals surface area contributed by atoms with Gasteiger partial charge in [-0.05, 0) is 31.5 Å². The highest BCUT2D eigenvalue weighted by Crippen LogP contribution is 2.18. The molecule has 0 atom stereocenters. The molecule has 0 bridgehead atoms. The molecule has 1 aromatic carbocycles. The van der Waals surface area contributed by atoms with Crippen molar-refractivity contribution in [3.8, 4) is 0 Å². The van der Waals surface area contributed by atoms with Crippen molar-refractivity contribution in [2.24, 2.45) is 0 Å². The molecule has 0 aliphatic carbocycles. The van der Waals surface area contributed by atoms with E-state index in [1.54, 1.807) is 6.20 Å². The summed E-state index contributed by atoms with van der Waals surface area (Å²) in [6, 6.07) is 5.59. The SMILES string of the molecule is CCNC(=O)c1ccc(C)c(NCc2cnco2)c1. The summed E-state index contributed by atoms with van der Waals surface area (Å²) in [5.74, 6) is 0.688. The number of amides is 1. The van der Waals surface area contributed by atoms with Crippen LogP contribution in [0.1, 0.15) is 28.6 Å². The Morgan fingerprint density at radius 1 is 1.42 bits per heavy atom. The number of nitrogens with one attached hydrogen (secondary N) is 2. The highest BCUT2D eigenvalue weighted by atomic mass is 16.3. The third-order valence-corrected chi connectivity index (χ3v) is 2.77. The zero-order valence-electron chi connectivity index (χ0n) is 11.1. The van der Waals surface area contributed by atoms with E-state index in [4.69, 9.17) is 4.42 Å². The van der Waals surface area contributed by atoms with Gasteiger partial charge in [-0.1, -0.05) is 6.07 Å². The van der Waals surface area contributed by atoms with Crippen LogP contribution in [0.5, 0.6) is 0 Å². The number of rotatable bonds is 5. The first-order valence-corrected chi connectivity index (χ1v) is 6.20. The van der Waals surface area contributed by atoms with Crippen LogP contribution in [0, 0.1) is 6.92 Å². The quantitative estimate of drug-likeness (QED) is 0.865. The Kier molecular flexibility index (Phi) is 4.18. The van der Waals surface area contributed by atoms with E-state index in [-0.39, 0.29) is 5.91 Å². The Bertz CT molecular complexity index is 550. The molecule has 0 spiro atoms. The van der Waals surface area contributed by atoms with E-state index >= 15 is 0 Å². The Balaban J connectivity index is 2.10. The molecule has 1 aromatic heterocycles. The molecule has 2 rings (SSSR count). The minimum Gasteiger partial charge on any atom is -0.447 e. The number of hydrogen-bond acceptors (Lipinski definition) is 4. The molecular formula is C14H17N3O2. The van der Waals surface area contributed by atoms with E-state index < -0.39 is 0 Å². The fourth-order valence-electron chi connectivity index (χ4n) is 1.73. The van der Waals surface area contributed by atoms with Gasteiger partial charge in [0.25, 0.3) is 5.91 Å². The van der Waals surface area contributed by atoms with Gasteiger partial charge >= 0.3 is 0 Å². The van der Waals surface area contributed by atoms with Crippen LogP contribution < -0.4 is 10.6 Å². The van der Waals surface area contributed by atoms with Crippen LogP contribution in [0.25, 0.3) is 0 Å². The number of hydrogen-bond donors (Lipinski definition) is 2. The van der Waals surface area contributed by atoms with E-state index in [2.05, 4.69) is 15.6 Å². The Labute approximate surface area is 112 Å². The number of aryl methyl sites for hydroxylation is 1. The minimum absolute atomic E-state index is 0.0646. The highest BCUT2D eigenvalue weighted by molar-refractivity contribution is 5.95. The van der Waals surface area contributed by atoms with Crippen molar-refractivity contribution in [3.63, 3.8) is 0 Å². The molecular weight excluding hydrogens is 242 g/mol. The number of benzene rings is 1. The van der Waals surface area contributed by atoms with Crippen LogP contribution in [0.3, 0.4) is 0 Å². The summed E-state index contributed by atoms with van der Waals surface area (Å²) in [6.45, 7) is 5.05. The van der Waals surface area contributed by atoms with Crippen molar-refractivity contribution in [1.29, 1.82) is 0 Å². The fraction of sp³-hybridized carbons (Fsp3) is 0.286. The number of anilines is 1. The normalized spacial score (nSPS) is 10.2. The van der Waals surface area contributed by atoms with E-state index in [1.807, 2.05) is 32.0 Å². The molecule has 0 aliphatic heterocycles. The second kappa shape index (κ2) is 6.04. The maximum absolute atomic E-state index is 11.8. The molecule has 1 amide bonds. The fourth-order valence-corrected chi connectivity index (χ4v) is 1.73. The molecule has 0 saturated heterocycles. The lowest BCUT2D eigenvalue weighted by Gasteiger charge is -2.10. The van der Waals surface area contributed by atoms with Gasteiger partial charge in [0.05, 0.1) is 12.7 Å². The molecule has 5 nitrogen and oxygen atoms in total. The molecule has 5 heteroatoms.